The molecule has 2 aromatic carbocycles. The van der Waals surface area contributed by atoms with Crippen LogP contribution in [0.1, 0.15) is 32.1 Å². The van der Waals surface area contributed by atoms with E-state index in [1.807, 2.05) is 24.3 Å². The molecule has 2 aromatic heterocycles. The van der Waals surface area contributed by atoms with E-state index in [1.165, 1.54) is 36.8 Å². The minimum atomic E-state index is 0.502. The van der Waals surface area contributed by atoms with E-state index in [4.69, 9.17) is 22.2 Å². The van der Waals surface area contributed by atoms with Crippen LogP contribution in [0.3, 0.4) is 0 Å². The van der Waals surface area contributed by atoms with Gasteiger partial charge in [-0.15, -0.1) is 11.3 Å². The number of thiocarbonyl (C=S) groups is 1. The fourth-order valence-electron chi connectivity index (χ4n) is 3.82. The summed E-state index contributed by atoms with van der Waals surface area (Å²) in [5.74, 6) is 0. The van der Waals surface area contributed by atoms with Crippen LogP contribution in [0.15, 0.2) is 42.5 Å². The van der Waals surface area contributed by atoms with Gasteiger partial charge in [0.25, 0.3) is 0 Å². The predicted octanol–water partition coefficient (Wildman–Crippen LogP) is 5.62. The van der Waals surface area contributed by atoms with Gasteiger partial charge in [-0.3, -0.25) is 0 Å². The van der Waals surface area contributed by atoms with Crippen molar-refractivity contribution < 1.29 is 0 Å². The molecule has 136 valence electrons. The molecule has 0 saturated heterocycles. The molecule has 0 radical (unpaired) electrons. The van der Waals surface area contributed by atoms with Gasteiger partial charge in [0.15, 0.2) is 5.11 Å². The van der Waals surface area contributed by atoms with Gasteiger partial charge >= 0.3 is 0 Å². The molecular weight excluding hydrogens is 372 g/mol. The van der Waals surface area contributed by atoms with Gasteiger partial charge in [0.2, 0.25) is 0 Å². The van der Waals surface area contributed by atoms with Crippen LogP contribution < -0.4 is 10.6 Å². The third-order valence-corrected chi connectivity index (χ3v) is 6.45. The van der Waals surface area contributed by atoms with Crippen LogP contribution in [0.4, 0.5) is 5.69 Å². The van der Waals surface area contributed by atoms with Crippen molar-refractivity contribution >= 4 is 65.8 Å². The number of nitrogens with zero attached hydrogens (tertiary/aromatic N) is 2. The van der Waals surface area contributed by atoms with E-state index in [-0.39, 0.29) is 0 Å². The zero-order valence-corrected chi connectivity index (χ0v) is 16.5. The second kappa shape index (κ2) is 7.02. The van der Waals surface area contributed by atoms with Crippen LogP contribution in [0.25, 0.3) is 31.5 Å². The average molecular weight is 393 g/mol. The summed E-state index contributed by atoms with van der Waals surface area (Å²) in [5, 5.41) is 8.64. The van der Waals surface area contributed by atoms with Gasteiger partial charge in [0.05, 0.1) is 11.0 Å². The smallest absolute Gasteiger partial charge is 0.170 e. The molecule has 1 aliphatic rings. The number of rotatable bonds is 2. The second-order valence-electron chi connectivity index (χ2n) is 7.11. The molecule has 0 bridgehead atoms. The van der Waals surface area contributed by atoms with Crippen molar-refractivity contribution in [3.63, 3.8) is 0 Å². The summed E-state index contributed by atoms with van der Waals surface area (Å²) in [7, 11) is 0. The normalized spacial score (nSPS) is 15.4. The van der Waals surface area contributed by atoms with E-state index in [0.717, 1.165) is 32.5 Å². The molecule has 6 heteroatoms. The average Bonchev–Trinajstić information content (AvgIpc) is 3.04. The lowest BCUT2D eigenvalue weighted by atomic mass is 9.96. The molecule has 1 fully saturated rings. The number of thiophene rings is 1. The van der Waals surface area contributed by atoms with Crippen LogP contribution in [0.2, 0.25) is 0 Å². The lowest BCUT2D eigenvalue weighted by Crippen LogP contribution is -2.38. The van der Waals surface area contributed by atoms with Crippen LogP contribution in [-0.4, -0.2) is 21.1 Å². The Balaban J connectivity index is 1.45. The summed E-state index contributed by atoms with van der Waals surface area (Å²) >= 11 is 7.21. The molecule has 0 amide bonds. The van der Waals surface area contributed by atoms with Crippen LogP contribution >= 0.6 is 23.6 Å². The number of para-hydroxylation sites is 2. The number of hydrogen-bond donors (Lipinski definition) is 2. The van der Waals surface area contributed by atoms with Gasteiger partial charge in [0, 0.05) is 21.8 Å². The molecule has 2 N–H and O–H groups in total. The number of hydrogen-bond acceptors (Lipinski definition) is 4. The summed E-state index contributed by atoms with van der Waals surface area (Å²) in [5.41, 5.74) is 3.82. The molecule has 0 atom stereocenters. The zero-order chi connectivity index (χ0) is 18.2. The lowest BCUT2D eigenvalue weighted by Gasteiger charge is -2.24. The monoisotopic (exact) mass is 392 g/mol. The summed E-state index contributed by atoms with van der Waals surface area (Å²) in [6.45, 7) is 0. The van der Waals surface area contributed by atoms with E-state index >= 15 is 0 Å². The Labute approximate surface area is 167 Å². The van der Waals surface area contributed by atoms with E-state index in [1.54, 1.807) is 11.3 Å². The van der Waals surface area contributed by atoms with Crippen molar-refractivity contribution in [3.05, 3.63) is 42.5 Å². The zero-order valence-electron chi connectivity index (χ0n) is 14.9. The van der Waals surface area contributed by atoms with Crippen molar-refractivity contribution in [1.82, 2.24) is 15.3 Å². The minimum Gasteiger partial charge on any atom is -0.360 e. The minimum absolute atomic E-state index is 0.502. The Hall–Kier alpha value is -2.31. The summed E-state index contributed by atoms with van der Waals surface area (Å²) in [4.78, 5) is 10.6. The molecule has 4 aromatic rings. The molecule has 27 heavy (non-hydrogen) atoms. The fraction of sp³-hybridized carbons (Fsp3) is 0.286. The van der Waals surface area contributed by atoms with E-state index < -0.39 is 0 Å². The second-order valence-corrected chi connectivity index (χ2v) is 8.55. The Morgan fingerprint density at radius 1 is 1.00 bits per heavy atom. The van der Waals surface area contributed by atoms with Crippen molar-refractivity contribution in [1.29, 1.82) is 0 Å². The molecule has 4 nitrogen and oxygen atoms in total. The van der Waals surface area contributed by atoms with Gasteiger partial charge < -0.3 is 10.6 Å². The molecule has 0 aliphatic heterocycles. The molecule has 1 aliphatic carbocycles. The van der Waals surface area contributed by atoms with Crippen molar-refractivity contribution in [2.24, 2.45) is 0 Å². The third kappa shape index (κ3) is 3.35. The van der Waals surface area contributed by atoms with Crippen molar-refractivity contribution in [2.45, 2.75) is 38.1 Å². The first kappa shape index (κ1) is 16.8. The highest BCUT2D eigenvalue weighted by Gasteiger charge is 2.15. The van der Waals surface area contributed by atoms with E-state index in [9.17, 15) is 0 Å². The topological polar surface area (TPSA) is 49.8 Å². The number of aromatic nitrogens is 2. The largest absolute Gasteiger partial charge is 0.360 e. The Morgan fingerprint density at radius 2 is 1.78 bits per heavy atom. The maximum atomic E-state index is 5.53. The van der Waals surface area contributed by atoms with E-state index in [0.29, 0.717) is 11.2 Å². The highest BCUT2D eigenvalue weighted by atomic mass is 32.1. The highest BCUT2D eigenvalue weighted by molar-refractivity contribution is 7.80. The SMILES string of the molecule is S=C(Nc1ccc2sc3nc4ccccc4nc3c2c1)NC1CCCCC1. The fourth-order valence-corrected chi connectivity index (χ4v) is 5.11. The Kier molecular flexibility index (Phi) is 4.38. The first-order valence-corrected chi connectivity index (χ1v) is 10.7. The Morgan fingerprint density at radius 3 is 2.59 bits per heavy atom. The Bertz CT molecular complexity index is 1150. The van der Waals surface area contributed by atoms with Crippen LogP contribution in [-0.2, 0) is 0 Å². The maximum Gasteiger partial charge on any atom is 0.170 e. The molecule has 2 heterocycles. The summed E-state index contributed by atoms with van der Waals surface area (Å²) < 4.78 is 1.19. The maximum absolute atomic E-state index is 5.53. The van der Waals surface area contributed by atoms with Gasteiger partial charge in [-0.05, 0) is 55.4 Å². The van der Waals surface area contributed by atoms with Gasteiger partial charge in [-0.1, -0.05) is 31.4 Å². The summed E-state index contributed by atoms with van der Waals surface area (Å²) in [6.07, 6.45) is 6.34. The number of anilines is 1. The summed E-state index contributed by atoms with van der Waals surface area (Å²) in [6, 6.07) is 14.9. The molecule has 0 unspecified atom stereocenters. The molecule has 1 saturated carbocycles. The van der Waals surface area contributed by atoms with Gasteiger partial charge in [0.1, 0.15) is 10.3 Å². The molecular formula is C21H20N4S2. The van der Waals surface area contributed by atoms with Crippen molar-refractivity contribution in [2.75, 3.05) is 5.32 Å². The third-order valence-electron chi connectivity index (χ3n) is 5.18. The van der Waals surface area contributed by atoms with Crippen LogP contribution in [0.5, 0.6) is 0 Å². The molecule has 5 rings (SSSR count). The first-order valence-electron chi connectivity index (χ1n) is 9.43. The predicted molar refractivity (Wildman–Crippen MR) is 119 cm³/mol. The highest BCUT2D eigenvalue weighted by Crippen LogP contribution is 2.34. The molecule has 0 spiro atoms. The van der Waals surface area contributed by atoms with Gasteiger partial charge in [-0.2, -0.15) is 0 Å². The first-order chi connectivity index (χ1) is 13.3. The van der Waals surface area contributed by atoms with Gasteiger partial charge in [-0.25, -0.2) is 9.97 Å². The van der Waals surface area contributed by atoms with Crippen LogP contribution in [0, 0.1) is 0 Å². The van der Waals surface area contributed by atoms with Crippen molar-refractivity contribution in [3.8, 4) is 0 Å². The number of nitrogens with one attached hydrogen (secondary N) is 2. The number of fused-ring (bicyclic) bond motifs is 4. The lowest BCUT2D eigenvalue weighted by molar-refractivity contribution is 0.415. The van der Waals surface area contributed by atoms with E-state index in [2.05, 4.69) is 28.8 Å². The standard InChI is InChI=1S/C21H20N4S2/c26-21(22-13-6-2-1-3-7-13)23-14-10-11-18-15(12-14)19-20(27-18)25-17-9-5-4-8-16(17)24-19/h4-5,8-13H,1-3,6-7H2,(H2,22,23,26). The number of benzene rings is 2. The quantitative estimate of drug-likeness (QED) is 0.434.